The lowest BCUT2D eigenvalue weighted by Crippen LogP contribution is -2.41. The molecular weight excluding hydrogens is 244 g/mol. The number of rotatable bonds is 5. The van der Waals surface area contributed by atoms with E-state index in [0.717, 1.165) is 0 Å². The fourth-order valence-corrected chi connectivity index (χ4v) is 2.48. The molecule has 0 bridgehead atoms. The van der Waals surface area contributed by atoms with Crippen LogP contribution in [0.15, 0.2) is 12.2 Å². The van der Waals surface area contributed by atoms with E-state index >= 15 is 0 Å². The normalized spacial score (nSPS) is 32.4. The van der Waals surface area contributed by atoms with Crippen LogP contribution in [0.1, 0.15) is 32.6 Å². The molecule has 0 radical (unpaired) electrons. The summed E-state index contributed by atoms with van der Waals surface area (Å²) in [5, 5.41) is 18.5. The Kier molecular flexibility index (Phi) is 4.20. The van der Waals surface area contributed by atoms with Crippen molar-refractivity contribution in [1.29, 1.82) is 0 Å². The highest BCUT2D eigenvalue weighted by Crippen LogP contribution is 2.45. The molecule has 0 aromatic heterocycles. The van der Waals surface area contributed by atoms with Crippen molar-refractivity contribution in [3.8, 4) is 0 Å². The van der Waals surface area contributed by atoms with E-state index < -0.39 is 22.8 Å². The summed E-state index contributed by atoms with van der Waals surface area (Å²) in [6.07, 6.45) is 4.74. The van der Waals surface area contributed by atoms with Gasteiger partial charge in [-0.3, -0.25) is 9.59 Å². The predicted octanol–water partition coefficient (Wildman–Crippen LogP) is 2.52. The lowest BCUT2D eigenvalue weighted by Gasteiger charge is -2.37. The molecule has 17 heavy (non-hydrogen) atoms. The van der Waals surface area contributed by atoms with Gasteiger partial charge in [-0.25, -0.2) is 0 Å². The number of allylic oxidation sites excluding steroid dienone is 1. The second-order valence-electron chi connectivity index (χ2n) is 4.90. The van der Waals surface area contributed by atoms with Gasteiger partial charge in [-0.2, -0.15) is 0 Å². The minimum Gasteiger partial charge on any atom is -0.481 e. The van der Waals surface area contributed by atoms with Crippen LogP contribution in [0.2, 0.25) is 0 Å². The zero-order valence-corrected chi connectivity index (χ0v) is 10.5. The predicted molar refractivity (Wildman–Crippen MR) is 64.1 cm³/mol. The molecule has 2 N–H and O–H groups in total. The van der Waals surface area contributed by atoms with E-state index in [0.29, 0.717) is 25.1 Å². The molecule has 1 aliphatic rings. The van der Waals surface area contributed by atoms with E-state index in [1.807, 2.05) is 0 Å². The van der Waals surface area contributed by atoms with Gasteiger partial charge < -0.3 is 10.2 Å². The van der Waals surface area contributed by atoms with Crippen molar-refractivity contribution in [3.63, 3.8) is 0 Å². The third-order valence-corrected chi connectivity index (χ3v) is 3.68. The van der Waals surface area contributed by atoms with Crippen LogP contribution in [0.4, 0.5) is 0 Å². The third-order valence-electron chi connectivity index (χ3n) is 3.41. The second-order valence-corrected chi connectivity index (χ2v) is 5.28. The summed E-state index contributed by atoms with van der Waals surface area (Å²) < 4.78 is 0. The third kappa shape index (κ3) is 2.80. The molecule has 4 nitrogen and oxygen atoms in total. The monoisotopic (exact) mass is 260 g/mol. The first-order chi connectivity index (χ1) is 7.86. The average Bonchev–Trinajstić information content (AvgIpc) is 2.26. The molecule has 0 aromatic rings. The van der Waals surface area contributed by atoms with Crippen LogP contribution < -0.4 is 0 Å². The van der Waals surface area contributed by atoms with Crippen molar-refractivity contribution in [2.45, 2.75) is 32.6 Å². The van der Waals surface area contributed by atoms with Gasteiger partial charge in [0.05, 0.1) is 10.8 Å². The van der Waals surface area contributed by atoms with Gasteiger partial charge in [0.1, 0.15) is 0 Å². The van der Waals surface area contributed by atoms with Gasteiger partial charge in [0.15, 0.2) is 0 Å². The molecule has 0 spiro atoms. The zero-order chi connectivity index (χ0) is 13.1. The first-order valence-electron chi connectivity index (χ1n) is 5.57. The van der Waals surface area contributed by atoms with Crippen molar-refractivity contribution in [2.75, 3.05) is 5.88 Å². The highest BCUT2D eigenvalue weighted by molar-refractivity contribution is 6.17. The van der Waals surface area contributed by atoms with Crippen molar-refractivity contribution in [1.82, 2.24) is 0 Å². The number of hydrogen-bond donors (Lipinski definition) is 2. The van der Waals surface area contributed by atoms with Gasteiger partial charge in [-0.15, -0.1) is 11.6 Å². The van der Waals surface area contributed by atoms with Crippen LogP contribution in [0, 0.1) is 10.8 Å². The molecule has 96 valence electrons. The maximum Gasteiger partial charge on any atom is 0.313 e. The van der Waals surface area contributed by atoms with Crippen LogP contribution in [0.5, 0.6) is 0 Å². The molecule has 5 heteroatoms. The van der Waals surface area contributed by atoms with Crippen LogP contribution in [-0.4, -0.2) is 28.0 Å². The number of aliphatic carboxylic acids is 2. The Balaban J connectivity index is 3.00. The zero-order valence-electron chi connectivity index (χ0n) is 9.78. The first kappa shape index (κ1) is 14.0. The van der Waals surface area contributed by atoms with E-state index in [9.17, 15) is 19.8 Å². The van der Waals surface area contributed by atoms with Gasteiger partial charge in [0, 0.05) is 5.88 Å². The number of carboxylic acid groups (broad SMARTS) is 2. The Labute approximate surface area is 105 Å². The summed E-state index contributed by atoms with van der Waals surface area (Å²) in [6, 6.07) is 0. The number of carboxylic acids is 2. The van der Waals surface area contributed by atoms with Crippen molar-refractivity contribution < 1.29 is 19.8 Å². The van der Waals surface area contributed by atoms with Crippen LogP contribution in [-0.2, 0) is 9.59 Å². The molecule has 0 aromatic carbocycles. The fourth-order valence-electron chi connectivity index (χ4n) is 2.34. The van der Waals surface area contributed by atoms with E-state index in [2.05, 4.69) is 0 Å². The topological polar surface area (TPSA) is 74.6 Å². The van der Waals surface area contributed by atoms with Gasteiger partial charge in [0.2, 0.25) is 0 Å². The quantitative estimate of drug-likeness (QED) is 0.588. The smallest absolute Gasteiger partial charge is 0.313 e. The first-order valence-corrected chi connectivity index (χ1v) is 6.10. The largest absolute Gasteiger partial charge is 0.481 e. The lowest BCUT2D eigenvalue weighted by molar-refractivity contribution is -0.155. The highest BCUT2D eigenvalue weighted by Gasteiger charge is 2.47. The molecule has 1 aliphatic carbocycles. The van der Waals surface area contributed by atoms with Crippen LogP contribution in [0.25, 0.3) is 0 Å². The molecule has 2 unspecified atom stereocenters. The Morgan fingerprint density at radius 3 is 2.47 bits per heavy atom. The molecule has 2 atom stereocenters. The Morgan fingerprint density at radius 1 is 1.35 bits per heavy atom. The van der Waals surface area contributed by atoms with Gasteiger partial charge in [-0.05, 0) is 32.6 Å². The Hall–Kier alpha value is -1.03. The van der Waals surface area contributed by atoms with Gasteiger partial charge >= 0.3 is 11.9 Å². The van der Waals surface area contributed by atoms with Crippen molar-refractivity contribution in [3.05, 3.63) is 12.2 Å². The molecule has 0 saturated carbocycles. The number of halogens is 1. The number of carbonyl (C=O) groups is 2. The molecule has 0 fully saturated rings. The summed E-state index contributed by atoms with van der Waals surface area (Å²) in [4.78, 5) is 22.6. The molecule has 0 aliphatic heterocycles. The minimum absolute atomic E-state index is 0.123. The number of hydrogen-bond acceptors (Lipinski definition) is 2. The van der Waals surface area contributed by atoms with Crippen molar-refractivity contribution in [2.24, 2.45) is 10.8 Å². The van der Waals surface area contributed by atoms with Crippen LogP contribution in [0.3, 0.4) is 0 Å². The molecule has 1 rings (SSSR count). The highest BCUT2D eigenvalue weighted by atomic mass is 35.5. The molecule has 0 saturated heterocycles. The van der Waals surface area contributed by atoms with E-state index in [-0.39, 0.29) is 6.42 Å². The molecular formula is C12H17ClO4. The Bertz CT molecular complexity index is 352. The summed E-state index contributed by atoms with van der Waals surface area (Å²) >= 11 is 5.59. The van der Waals surface area contributed by atoms with Crippen LogP contribution >= 0.6 is 11.6 Å². The van der Waals surface area contributed by atoms with E-state index in [1.165, 1.54) is 0 Å². The fraction of sp³-hybridized carbons (Fsp3) is 0.667. The summed E-state index contributed by atoms with van der Waals surface area (Å²) in [6.45, 7) is 1.59. The summed E-state index contributed by atoms with van der Waals surface area (Å²) in [5.74, 6) is -1.53. The Morgan fingerprint density at radius 2 is 2.00 bits per heavy atom. The van der Waals surface area contributed by atoms with E-state index in [1.54, 1.807) is 19.1 Å². The van der Waals surface area contributed by atoms with Crippen molar-refractivity contribution >= 4 is 23.5 Å². The van der Waals surface area contributed by atoms with Gasteiger partial charge in [0.25, 0.3) is 0 Å². The average molecular weight is 261 g/mol. The summed E-state index contributed by atoms with van der Waals surface area (Å²) in [5.41, 5.74) is -2.08. The minimum atomic E-state index is -1.08. The maximum atomic E-state index is 11.4. The maximum absolute atomic E-state index is 11.4. The lowest BCUT2D eigenvalue weighted by atomic mass is 9.64. The van der Waals surface area contributed by atoms with E-state index in [4.69, 9.17) is 11.6 Å². The second kappa shape index (κ2) is 5.08. The SMILES string of the molecule is CC1(C(=O)O)CC=CC(CCCCl)(C(=O)O)C1. The summed E-state index contributed by atoms with van der Waals surface area (Å²) in [7, 11) is 0. The van der Waals surface area contributed by atoms with Gasteiger partial charge in [-0.1, -0.05) is 12.2 Å². The number of alkyl halides is 1. The molecule has 0 heterocycles. The molecule has 0 amide bonds. The standard InChI is InChI=1S/C12H17ClO4/c1-11(9(14)15)4-2-5-12(8-11,10(16)17)6-3-7-13/h2,5H,3-4,6-8H2,1H3,(H,14,15)(H,16,17).